The lowest BCUT2D eigenvalue weighted by molar-refractivity contribution is -0.140. The summed E-state index contributed by atoms with van der Waals surface area (Å²) in [6.07, 6.45) is 0. The van der Waals surface area contributed by atoms with Gasteiger partial charge in [0.1, 0.15) is 5.82 Å². The van der Waals surface area contributed by atoms with Gasteiger partial charge in [0.2, 0.25) is 5.91 Å². The predicted molar refractivity (Wildman–Crippen MR) is 81.7 cm³/mol. The van der Waals surface area contributed by atoms with Gasteiger partial charge in [-0.15, -0.1) is 0 Å². The average molecular weight is 361 g/mol. The van der Waals surface area contributed by atoms with E-state index in [1.165, 1.54) is 17.0 Å². The van der Waals surface area contributed by atoms with Crippen LogP contribution in [0.3, 0.4) is 0 Å². The van der Waals surface area contributed by atoms with E-state index < -0.39 is 23.2 Å². The highest BCUT2D eigenvalue weighted by molar-refractivity contribution is 9.10. The van der Waals surface area contributed by atoms with E-state index in [2.05, 4.69) is 21.2 Å². The van der Waals surface area contributed by atoms with Crippen LogP contribution in [0.25, 0.3) is 0 Å². The van der Waals surface area contributed by atoms with E-state index >= 15 is 0 Å². The average Bonchev–Trinajstić information content (AvgIpc) is 2.30. The van der Waals surface area contributed by atoms with Crippen molar-refractivity contribution in [3.05, 3.63) is 28.5 Å². The molecule has 0 bridgehead atoms. The number of benzene rings is 1. The number of anilines is 1. The number of carbonyl (C=O) groups excluding carboxylic acids is 1. The lowest BCUT2D eigenvalue weighted by atomic mass is 10.1. The van der Waals surface area contributed by atoms with Gasteiger partial charge in [0.05, 0.1) is 18.8 Å². The summed E-state index contributed by atoms with van der Waals surface area (Å²) in [7, 11) is 0. The molecule has 0 atom stereocenters. The van der Waals surface area contributed by atoms with Gasteiger partial charge in [0, 0.05) is 10.0 Å². The van der Waals surface area contributed by atoms with Gasteiger partial charge in [0.15, 0.2) is 0 Å². The molecular formula is C14H18BrFN2O3. The van der Waals surface area contributed by atoms with Crippen LogP contribution in [0.2, 0.25) is 0 Å². The van der Waals surface area contributed by atoms with Crippen molar-refractivity contribution in [1.29, 1.82) is 0 Å². The Morgan fingerprint density at radius 2 is 1.95 bits per heavy atom. The number of carbonyl (C=O) groups is 2. The molecule has 116 valence electrons. The molecule has 0 saturated carbocycles. The minimum absolute atomic E-state index is 0.0624. The first kappa shape index (κ1) is 17.6. The van der Waals surface area contributed by atoms with Crippen LogP contribution in [0.15, 0.2) is 22.7 Å². The topological polar surface area (TPSA) is 69.6 Å². The van der Waals surface area contributed by atoms with Crippen molar-refractivity contribution in [1.82, 2.24) is 4.90 Å². The number of amides is 1. The molecule has 0 aliphatic rings. The zero-order chi connectivity index (χ0) is 16.2. The first-order valence-corrected chi connectivity index (χ1v) is 7.10. The summed E-state index contributed by atoms with van der Waals surface area (Å²) in [5, 5.41) is 11.3. The number of hydrogen-bond acceptors (Lipinski definition) is 3. The van der Waals surface area contributed by atoms with Crippen LogP contribution < -0.4 is 5.32 Å². The molecule has 0 aliphatic carbocycles. The maximum atomic E-state index is 13.6. The molecule has 0 saturated heterocycles. The van der Waals surface area contributed by atoms with E-state index in [9.17, 15) is 14.0 Å². The quantitative estimate of drug-likeness (QED) is 0.846. The molecule has 21 heavy (non-hydrogen) atoms. The van der Waals surface area contributed by atoms with Crippen molar-refractivity contribution in [2.24, 2.45) is 0 Å². The number of hydrogen-bond donors (Lipinski definition) is 2. The highest BCUT2D eigenvalue weighted by Gasteiger charge is 2.25. The number of nitrogens with one attached hydrogen (secondary N) is 1. The summed E-state index contributed by atoms with van der Waals surface area (Å²) in [6.45, 7) is 5.03. The van der Waals surface area contributed by atoms with Crippen LogP contribution in [0.4, 0.5) is 10.1 Å². The number of carboxylic acid groups (broad SMARTS) is 1. The van der Waals surface area contributed by atoms with E-state index in [0.29, 0.717) is 4.47 Å². The molecule has 0 radical (unpaired) electrons. The molecule has 5 nitrogen and oxygen atoms in total. The summed E-state index contributed by atoms with van der Waals surface area (Å²) in [5.41, 5.74) is -0.430. The normalized spacial score (nSPS) is 11.5. The second-order valence-corrected chi connectivity index (χ2v) is 6.51. The molecule has 0 aliphatic heterocycles. The maximum Gasteiger partial charge on any atom is 0.317 e. The van der Waals surface area contributed by atoms with Crippen LogP contribution in [-0.2, 0) is 9.59 Å². The van der Waals surface area contributed by atoms with Gasteiger partial charge >= 0.3 is 5.97 Å². The lowest BCUT2D eigenvalue weighted by Crippen LogP contribution is -2.48. The standard InChI is InChI=1S/C14H18BrFN2O3/c1-14(2,3)18(8-13(20)21)7-12(19)17-11-5-4-9(15)6-10(11)16/h4-6H,7-8H2,1-3H3,(H,17,19)(H,20,21). The van der Waals surface area contributed by atoms with Crippen molar-refractivity contribution in [3.63, 3.8) is 0 Å². The molecular weight excluding hydrogens is 343 g/mol. The minimum Gasteiger partial charge on any atom is -0.480 e. The van der Waals surface area contributed by atoms with E-state index in [4.69, 9.17) is 5.11 Å². The molecule has 0 unspecified atom stereocenters. The van der Waals surface area contributed by atoms with Gasteiger partial charge in [-0.2, -0.15) is 0 Å². The Balaban J connectivity index is 2.76. The Bertz CT molecular complexity index is 544. The first-order chi connectivity index (χ1) is 9.59. The van der Waals surface area contributed by atoms with E-state index in [-0.39, 0.29) is 18.8 Å². The highest BCUT2D eigenvalue weighted by atomic mass is 79.9. The third kappa shape index (κ3) is 5.81. The Morgan fingerprint density at radius 3 is 2.43 bits per heavy atom. The summed E-state index contributed by atoms with van der Waals surface area (Å²) in [5.74, 6) is -2.04. The molecule has 0 fully saturated rings. The van der Waals surface area contributed by atoms with Gasteiger partial charge < -0.3 is 10.4 Å². The Kier molecular flexibility index (Phi) is 5.86. The fourth-order valence-corrected chi connectivity index (χ4v) is 1.98. The largest absolute Gasteiger partial charge is 0.480 e. The van der Waals surface area contributed by atoms with Crippen molar-refractivity contribution >= 4 is 33.5 Å². The monoisotopic (exact) mass is 360 g/mol. The fraction of sp³-hybridized carbons (Fsp3) is 0.429. The fourth-order valence-electron chi connectivity index (χ4n) is 1.65. The zero-order valence-electron chi connectivity index (χ0n) is 12.1. The lowest BCUT2D eigenvalue weighted by Gasteiger charge is -2.33. The first-order valence-electron chi connectivity index (χ1n) is 6.31. The second kappa shape index (κ2) is 7.00. The van der Waals surface area contributed by atoms with Crippen molar-refractivity contribution in [2.75, 3.05) is 18.4 Å². The smallest absolute Gasteiger partial charge is 0.317 e. The highest BCUT2D eigenvalue weighted by Crippen LogP contribution is 2.19. The molecule has 0 heterocycles. The van der Waals surface area contributed by atoms with Gasteiger partial charge in [-0.05, 0) is 39.0 Å². The Morgan fingerprint density at radius 1 is 1.33 bits per heavy atom. The molecule has 1 rings (SSSR count). The molecule has 0 spiro atoms. The number of carboxylic acids is 1. The Labute approximate surface area is 131 Å². The summed E-state index contributed by atoms with van der Waals surface area (Å²) in [6, 6.07) is 4.29. The molecule has 2 N–H and O–H groups in total. The molecule has 0 aromatic heterocycles. The number of aliphatic carboxylic acids is 1. The minimum atomic E-state index is -1.02. The molecule has 7 heteroatoms. The molecule has 1 aromatic carbocycles. The van der Waals surface area contributed by atoms with Crippen molar-refractivity contribution < 1.29 is 19.1 Å². The number of halogens is 2. The number of rotatable bonds is 5. The zero-order valence-corrected chi connectivity index (χ0v) is 13.7. The van der Waals surface area contributed by atoms with Crippen LogP contribution in [0.5, 0.6) is 0 Å². The van der Waals surface area contributed by atoms with Crippen molar-refractivity contribution in [2.45, 2.75) is 26.3 Å². The summed E-state index contributed by atoms with van der Waals surface area (Å²) in [4.78, 5) is 24.3. The SMILES string of the molecule is CC(C)(C)N(CC(=O)O)CC(=O)Nc1ccc(Br)cc1F. The van der Waals surface area contributed by atoms with Gasteiger partial charge in [-0.25, -0.2) is 4.39 Å². The third-order valence-electron chi connectivity index (χ3n) is 2.81. The van der Waals surface area contributed by atoms with Gasteiger partial charge in [-0.3, -0.25) is 14.5 Å². The summed E-state index contributed by atoms with van der Waals surface area (Å²) < 4.78 is 14.2. The molecule has 1 amide bonds. The predicted octanol–water partition coefficient (Wildman–Crippen LogP) is 2.71. The van der Waals surface area contributed by atoms with Crippen LogP contribution >= 0.6 is 15.9 Å². The van der Waals surface area contributed by atoms with Crippen LogP contribution in [-0.4, -0.2) is 40.5 Å². The van der Waals surface area contributed by atoms with Crippen LogP contribution in [0.1, 0.15) is 20.8 Å². The van der Waals surface area contributed by atoms with E-state index in [0.717, 1.165) is 0 Å². The van der Waals surface area contributed by atoms with Crippen molar-refractivity contribution in [3.8, 4) is 0 Å². The third-order valence-corrected chi connectivity index (χ3v) is 3.31. The van der Waals surface area contributed by atoms with Gasteiger partial charge in [-0.1, -0.05) is 15.9 Å². The molecule has 1 aromatic rings. The van der Waals surface area contributed by atoms with Crippen LogP contribution in [0, 0.1) is 5.82 Å². The number of nitrogens with zero attached hydrogens (tertiary/aromatic N) is 1. The Hall–Kier alpha value is -1.47. The van der Waals surface area contributed by atoms with E-state index in [1.54, 1.807) is 6.07 Å². The summed E-state index contributed by atoms with van der Waals surface area (Å²) >= 11 is 3.13. The van der Waals surface area contributed by atoms with Gasteiger partial charge in [0.25, 0.3) is 0 Å². The maximum absolute atomic E-state index is 13.6. The second-order valence-electron chi connectivity index (χ2n) is 5.59. The van der Waals surface area contributed by atoms with E-state index in [1.807, 2.05) is 20.8 Å².